The second kappa shape index (κ2) is 6.84. The molecule has 1 nitrogen and oxygen atoms in total. The van der Waals surface area contributed by atoms with Crippen molar-refractivity contribution in [2.75, 3.05) is 25.3 Å². The van der Waals surface area contributed by atoms with E-state index in [-0.39, 0.29) is 0 Å². The second-order valence-electron chi connectivity index (χ2n) is 2.59. The van der Waals surface area contributed by atoms with E-state index < -0.39 is 0 Å². The number of anilines is 1. The van der Waals surface area contributed by atoms with Gasteiger partial charge in [0.1, 0.15) is 0 Å². The highest BCUT2D eigenvalue weighted by Crippen LogP contribution is 2.18. The van der Waals surface area contributed by atoms with E-state index in [9.17, 15) is 0 Å². The zero-order valence-electron chi connectivity index (χ0n) is 9.16. The van der Waals surface area contributed by atoms with Gasteiger partial charge < -0.3 is 4.90 Å². The maximum Gasteiger partial charge on any atom is 0.0361 e. The maximum absolute atomic E-state index is 2.14. The van der Waals surface area contributed by atoms with Gasteiger partial charge >= 0.3 is 0 Å². The molecule has 0 N–H and O–H groups in total. The van der Waals surface area contributed by atoms with Crippen LogP contribution in [0.5, 0.6) is 0 Å². The summed E-state index contributed by atoms with van der Waals surface area (Å²) in [6.45, 7) is 4.00. The van der Waals surface area contributed by atoms with Gasteiger partial charge in [-0.15, -0.1) is 11.8 Å². The van der Waals surface area contributed by atoms with Crippen molar-refractivity contribution in [3.8, 4) is 0 Å². The lowest BCUT2D eigenvalue weighted by Gasteiger charge is -2.11. The zero-order chi connectivity index (χ0) is 10.3. The number of nitrogens with zero attached hydrogens (tertiary/aromatic N) is 1. The first-order valence-corrected chi connectivity index (χ1v) is 5.78. The van der Waals surface area contributed by atoms with Crippen LogP contribution in [-0.4, -0.2) is 20.4 Å². The smallest absolute Gasteiger partial charge is 0.0361 e. The summed E-state index contributed by atoms with van der Waals surface area (Å²) in [7, 11) is 4.10. The van der Waals surface area contributed by atoms with Crippen LogP contribution >= 0.6 is 11.8 Å². The molecule has 0 fully saturated rings. The standard InChI is InChI=1S/C9H13NS.C2H6/c1-10(2)8-4-6-9(11-3)7-5-8;1-2/h4-7H,1-3H3;1-2H3. The fourth-order valence-corrected chi connectivity index (χ4v) is 1.29. The summed E-state index contributed by atoms with van der Waals surface area (Å²) in [6, 6.07) is 8.54. The molecule has 0 unspecified atom stereocenters. The van der Waals surface area contributed by atoms with Crippen LogP contribution in [0.25, 0.3) is 0 Å². The topological polar surface area (TPSA) is 3.24 Å². The molecule has 1 rings (SSSR count). The molecule has 0 bridgehead atoms. The van der Waals surface area contributed by atoms with Gasteiger partial charge in [0.2, 0.25) is 0 Å². The summed E-state index contributed by atoms with van der Waals surface area (Å²) in [5, 5.41) is 0. The van der Waals surface area contributed by atoms with Gasteiger partial charge in [-0.2, -0.15) is 0 Å². The third-order valence-electron chi connectivity index (χ3n) is 1.59. The molecular weight excluding hydrogens is 178 g/mol. The molecule has 0 amide bonds. The fraction of sp³-hybridized carbons (Fsp3) is 0.455. The van der Waals surface area contributed by atoms with Gasteiger partial charge in [0.15, 0.2) is 0 Å². The molecule has 0 saturated heterocycles. The Morgan fingerprint density at radius 1 is 1.00 bits per heavy atom. The van der Waals surface area contributed by atoms with Crippen LogP contribution in [0, 0.1) is 0 Å². The lowest BCUT2D eigenvalue weighted by molar-refractivity contribution is 1.13. The van der Waals surface area contributed by atoms with Crippen LogP contribution < -0.4 is 4.90 Å². The molecular formula is C11H19NS. The number of thioether (sulfide) groups is 1. The van der Waals surface area contributed by atoms with E-state index in [4.69, 9.17) is 0 Å². The van der Waals surface area contributed by atoms with E-state index in [1.54, 1.807) is 11.8 Å². The molecule has 0 aromatic heterocycles. The van der Waals surface area contributed by atoms with Crippen molar-refractivity contribution in [1.29, 1.82) is 0 Å². The molecule has 0 radical (unpaired) electrons. The van der Waals surface area contributed by atoms with Crippen LogP contribution in [0.3, 0.4) is 0 Å². The highest BCUT2D eigenvalue weighted by molar-refractivity contribution is 7.98. The molecule has 0 aliphatic carbocycles. The van der Waals surface area contributed by atoms with Gasteiger partial charge in [-0.1, -0.05) is 13.8 Å². The molecule has 0 spiro atoms. The molecule has 1 aromatic rings. The first kappa shape index (κ1) is 12.4. The molecule has 0 aliphatic heterocycles. The summed E-state index contributed by atoms with van der Waals surface area (Å²) in [5.74, 6) is 0. The van der Waals surface area contributed by atoms with Crippen LogP contribution in [0.2, 0.25) is 0 Å². The van der Waals surface area contributed by atoms with E-state index in [2.05, 4.69) is 35.4 Å². The molecule has 0 heterocycles. The van der Waals surface area contributed by atoms with Gasteiger partial charge in [-0.3, -0.25) is 0 Å². The van der Waals surface area contributed by atoms with Crippen molar-refractivity contribution in [2.24, 2.45) is 0 Å². The summed E-state index contributed by atoms with van der Waals surface area (Å²) in [4.78, 5) is 3.42. The van der Waals surface area contributed by atoms with E-state index >= 15 is 0 Å². The minimum Gasteiger partial charge on any atom is -0.378 e. The number of hydrogen-bond acceptors (Lipinski definition) is 2. The van der Waals surface area contributed by atoms with E-state index in [0.29, 0.717) is 0 Å². The molecule has 0 atom stereocenters. The van der Waals surface area contributed by atoms with Crippen LogP contribution in [-0.2, 0) is 0 Å². The second-order valence-corrected chi connectivity index (χ2v) is 3.47. The Morgan fingerprint density at radius 3 is 1.77 bits per heavy atom. The Balaban J connectivity index is 0.000000671. The maximum atomic E-state index is 2.14. The minimum absolute atomic E-state index is 1.25. The number of hydrogen-bond donors (Lipinski definition) is 0. The highest BCUT2D eigenvalue weighted by atomic mass is 32.2. The fourth-order valence-electron chi connectivity index (χ4n) is 0.880. The summed E-state index contributed by atoms with van der Waals surface area (Å²) in [5.41, 5.74) is 1.25. The lowest BCUT2D eigenvalue weighted by atomic mass is 10.3. The largest absolute Gasteiger partial charge is 0.378 e. The summed E-state index contributed by atoms with van der Waals surface area (Å²) < 4.78 is 0. The SMILES string of the molecule is CC.CSc1ccc(N(C)C)cc1. The van der Waals surface area contributed by atoms with Crippen LogP contribution in [0.1, 0.15) is 13.8 Å². The third-order valence-corrected chi connectivity index (χ3v) is 2.33. The van der Waals surface area contributed by atoms with Crippen molar-refractivity contribution < 1.29 is 0 Å². The Kier molecular flexibility index (Phi) is 6.51. The predicted molar refractivity (Wildman–Crippen MR) is 63.9 cm³/mol. The van der Waals surface area contributed by atoms with Gasteiger partial charge in [0, 0.05) is 24.7 Å². The molecule has 74 valence electrons. The van der Waals surface area contributed by atoms with Crippen molar-refractivity contribution in [1.82, 2.24) is 0 Å². The van der Waals surface area contributed by atoms with Gasteiger partial charge in [-0.25, -0.2) is 0 Å². The van der Waals surface area contributed by atoms with E-state index in [1.807, 2.05) is 27.9 Å². The van der Waals surface area contributed by atoms with Gasteiger partial charge in [0.25, 0.3) is 0 Å². The molecule has 2 heteroatoms. The quantitative estimate of drug-likeness (QED) is 0.668. The van der Waals surface area contributed by atoms with Crippen LogP contribution in [0.4, 0.5) is 5.69 Å². The van der Waals surface area contributed by atoms with E-state index in [1.165, 1.54) is 10.6 Å². The first-order valence-electron chi connectivity index (χ1n) is 4.55. The minimum atomic E-state index is 1.25. The lowest BCUT2D eigenvalue weighted by Crippen LogP contribution is -2.07. The first-order chi connectivity index (χ1) is 6.24. The van der Waals surface area contributed by atoms with Crippen molar-refractivity contribution in [3.05, 3.63) is 24.3 Å². The third kappa shape index (κ3) is 4.23. The Hall–Kier alpha value is -0.630. The molecule has 1 aromatic carbocycles. The Bertz CT molecular complexity index is 216. The van der Waals surface area contributed by atoms with Gasteiger partial charge in [0.05, 0.1) is 0 Å². The monoisotopic (exact) mass is 197 g/mol. The van der Waals surface area contributed by atoms with Crippen LogP contribution in [0.15, 0.2) is 29.2 Å². The zero-order valence-corrected chi connectivity index (χ0v) is 9.98. The Morgan fingerprint density at radius 2 is 1.46 bits per heavy atom. The normalized spacial score (nSPS) is 8.69. The van der Waals surface area contributed by atoms with Crippen molar-refractivity contribution in [2.45, 2.75) is 18.7 Å². The van der Waals surface area contributed by atoms with Crippen molar-refractivity contribution in [3.63, 3.8) is 0 Å². The molecule has 13 heavy (non-hydrogen) atoms. The highest BCUT2D eigenvalue weighted by Gasteiger charge is 1.93. The predicted octanol–water partition coefficient (Wildman–Crippen LogP) is 3.50. The summed E-state index contributed by atoms with van der Waals surface area (Å²) >= 11 is 1.77. The van der Waals surface area contributed by atoms with Crippen molar-refractivity contribution >= 4 is 17.4 Å². The molecule has 0 saturated carbocycles. The number of benzene rings is 1. The van der Waals surface area contributed by atoms with E-state index in [0.717, 1.165) is 0 Å². The summed E-state index contributed by atoms with van der Waals surface area (Å²) in [6.07, 6.45) is 2.09. The average Bonchev–Trinajstić information content (AvgIpc) is 2.21. The van der Waals surface area contributed by atoms with Gasteiger partial charge in [-0.05, 0) is 30.5 Å². The molecule has 0 aliphatic rings. The average molecular weight is 197 g/mol. The number of rotatable bonds is 2. The Labute approximate surface area is 86.1 Å².